The number of imide groups is 1. The first-order valence-corrected chi connectivity index (χ1v) is 8.22. The van der Waals surface area contributed by atoms with Gasteiger partial charge in [0, 0.05) is 0 Å². The van der Waals surface area contributed by atoms with Crippen molar-refractivity contribution in [3.63, 3.8) is 0 Å². The zero-order chi connectivity index (χ0) is 16.4. The summed E-state index contributed by atoms with van der Waals surface area (Å²) in [6.07, 6.45) is 2.19. The summed E-state index contributed by atoms with van der Waals surface area (Å²) in [5, 5.41) is 0.215. The molecule has 1 aromatic rings. The van der Waals surface area contributed by atoms with Crippen LogP contribution in [0.2, 0.25) is 0 Å². The lowest BCUT2D eigenvalue weighted by atomic mass is 9.85. The molecule has 120 valence electrons. The number of benzene rings is 1. The van der Waals surface area contributed by atoms with Crippen LogP contribution in [-0.4, -0.2) is 37.5 Å². The van der Waals surface area contributed by atoms with E-state index in [1.54, 1.807) is 12.2 Å². The molecule has 2 saturated heterocycles. The van der Waals surface area contributed by atoms with E-state index in [1.807, 2.05) is 0 Å². The second-order valence-corrected chi connectivity index (χ2v) is 6.93. The molecule has 23 heavy (non-hydrogen) atoms. The minimum Gasteiger partial charge on any atom is -0.365 e. The van der Waals surface area contributed by atoms with E-state index < -0.39 is 56.7 Å². The van der Waals surface area contributed by atoms with Gasteiger partial charge < -0.3 is 4.74 Å². The third-order valence-corrected chi connectivity index (χ3v) is 5.36. The topological polar surface area (TPSA) is 90.0 Å². The third-order valence-electron chi connectivity index (χ3n) is 4.15. The van der Waals surface area contributed by atoms with Gasteiger partial charge in [0.15, 0.2) is 0 Å². The first kappa shape index (κ1) is 14.5. The predicted octanol–water partition coefficient (Wildman–Crippen LogP) is 0.384. The third kappa shape index (κ3) is 1.97. The SMILES string of the molecule is O=C1C2C3C=CC(O3)C2C(=O)N1OS(=O)(=O)c1ccccc1F. The summed E-state index contributed by atoms with van der Waals surface area (Å²) in [7, 11) is -4.64. The summed E-state index contributed by atoms with van der Waals surface area (Å²) in [5.41, 5.74) is 0. The maximum Gasteiger partial charge on any atom is 0.321 e. The molecule has 3 heterocycles. The first-order valence-electron chi connectivity index (χ1n) is 6.81. The van der Waals surface area contributed by atoms with Gasteiger partial charge in [-0.25, -0.2) is 4.39 Å². The van der Waals surface area contributed by atoms with E-state index in [2.05, 4.69) is 4.28 Å². The van der Waals surface area contributed by atoms with Gasteiger partial charge in [0.25, 0.3) is 11.8 Å². The van der Waals surface area contributed by atoms with Gasteiger partial charge in [0.1, 0.15) is 10.7 Å². The molecule has 2 fully saturated rings. The molecule has 0 saturated carbocycles. The normalized spacial score (nSPS) is 32.0. The highest BCUT2D eigenvalue weighted by molar-refractivity contribution is 7.86. The minimum absolute atomic E-state index is 0.215. The summed E-state index contributed by atoms with van der Waals surface area (Å²) in [6.45, 7) is 0. The fraction of sp³-hybridized carbons (Fsp3) is 0.286. The van der Waals surface area contributed by atoms with Gasteiger partial charge in [-0.15, -0.1) is 9.35 Å². The fourth-order valence-electron chi connectivity index (χ4n) is 3.14. The van der Waals surface area contributed by atoms with Crippen LogP contribution in [0.3, 0.4) is 0 Å². The van der Waals surface area contributed by atoms with E-state index in [9.17, 15) is 22.4 Å². The van der Waals surface area contributed by atoms with Crippen molar-refractivity contribution in [2.45, 2.75) is 17.1 Å². The van der Waals surface area contributed by atoms with Gasteiger partial charge in [0.2, 0.25) is 0 Å². The summed E-state index contributed by atoms with van der Waals surface area (Å²) in [4.78, 5) is 23.8. The number of ether oxygens (including phenoxy) is 1. The number of nitrogens with zero attached hydrogens (tertiary/aromatic N) is 1. The molecule has 2 bridgehead atoms. The molecule has 0 spiro atoms. The molecular weight excluding hydrogens is 329 g/mol. The fourth-order valence-corrected chi connectivity index (χ4v) is 4.11. The summed E-state index contributed by atoms with van der Waals surface area (Å²) in [5.74, 6) is -4.22. The number of amides is 2. The monoisotopic (exact) mass is 339 g/mol. The Hall–Kier alpha value is -2.10. The second kappa shape index (κ2) is 4.70. The molecule has 9 heteroatoms. The molecule has 4 unspecified atom stereocenters. The van der Waals surface area contributed by atoms with Crippen LogP contribution >= 0.6 is 0 Å². The van der Waals surface area contributed by atoms with E-state index in [0.29, 0.717) is 0 Å². The van der Waals surface area contributed by atoms with Crippen molar-refractivity contribution in [2.75, 3.05) is 0 Å². The zero-order valence-electron chi connectivity index (χ0n) is 11.5. The predicted molar refractivity (Wildman–Crippen MR) is 71.3 cm³/mol. The van der Waals surface area contributed by atoms with E-state index in [4.69, 9.17) is 4.74 Å². The van der Waals surface area contributed by atoms with Crippen LogP contribution in [0.1, 0.15) is 0 Å². The molecule has 0 radical (unpaired) electrons. The Kier molecular flexibility index (Phi) is 2.96. The van der Waals surface area contributed by atoms with E-state index in [1.165, 1.54) is 12.1 Å². The van der Waals surface area contributed by atoms with Crippen molar-refractivity contribution in [3.05, 3.63) is 42.2 Å². The van der Waals surface area contributed by atoms with Crippen molar-refractivity contribution in [1.29, 1.82) is 0 Å². The Morgan fingerprint density at radius 1 is 1.04 bits per heavy atom. The maximum atomic E-state index is 13.6. The van der Waals surface area contributed by atoms with Gasteiger partial charge in [-0.05, 0) is 12.1 Å². The molecule has 1 aromatic carbocycles. The van der Waals surface area contributed by atoms with Gasteiger partial charge in [-0.1, -0.05) is 24.3 Å². The summed E-state index contributed by atoms with van der Waals surface area (Å²) < 4.78 is 48.0. The average Bonchev–Trinajstić information content (AvgIpc) is 3.17. The maximum absolute atomic E-state index is 13.6. The molecule has 4 rings (SSSR count). The lowest BCUT2D eigenvalue weighted by Gasteiger charge is -2.16. The molecule has 7 nitrogen and oxygen atoms in total. The highest BCUT2D eigenvalue weighted by Gasteiger charge is 2.62. The number of halogens is 1. The lowest BCUT2D eigenvalue weighted by Crippen LogP contribution is -2.36. The highest BCUT2D eigenvalue weighted by atomic mass is 32.2. The van der Waals surface area contributed by atoms with Crippen LogP contribution in [0.25, 0.3) is 0 Å². The number of fused-ring (bicyclic) bond motifs is 5. The second-order valence-electron chi connectivity index (χ2n) is 5.43. The Morgan fingerprint density at radius 3 is 2.17 bits per heavy atom. The standard InChI is InChI=1S/C14H10FNO6S/c15-7-3-1-2-4-10(7)23(19,20)22-16-13(17)11-8-5-6-9(21-8)12(11)14(16)18/h1-6,8-9,11-12H. The Bertz CT molecular complexity index is 821. The number of hydrogen-bond donors (Lipinski definition) is 0. The minimum atomic E-state index is -4.64. The smallest absolute Gasteiger partial charge is 0.321 e. The highest BCUT2D eigenvalue weighted by Crippen LogP contribution is 2.45. The van der Waals surface area contributed by atoms with Crippen LogP contribution in [-0.2, 0) is 28.7 Å². The summed E-state index contributed by atoms with van der Waals surface area (Å²) >= 11 is 0. The van der Waals surface area contributed by atoms with Crippen LogP contribution in [0, 0.1) is 17.7 Å². The van der Waals surface area contributed by atoms with Crippen LogP contribution in [0.4, 0.5) is 4.39 Å². The molecule has 3 aliphatic rings. The van der Waals surface area contributed by atoms with E-state index >= 15 is 0 Å². The number of hydroxylamine groups is 2. The van der Waals surface area contributed by atoms with Crippen LogP contribution < -0.4 is 0 Å². The molecular formula is C14H10FNO6S. The Balaban J connectivity index is 1.64. The van der Waals surface area contributed by atoms with Crippen molar-refractivity contribution < 1.29 is 31.4 Å². The Labute approximate surface area is 130 Å². The first-order chi connectivity index (χ1) is 10.9. The number of carbonyl (C=O) groups excluding carboxylic acids is 2. The molecule has 0 aliphatic carbocycles. The molecule has 0 N–H and O–H groups in total. The summed E-state index contributed by atoms with van der Waals surface area (Å²) in [6, 6.07) is 4.55. The van der Waals surface area contributed by atoms with E-state index in [-0.39, 0.29) is 5.06 Å². The molecule has 0 aromatic heterocycles. The Morgan fingerprint density at radius 2 is 1.61 bits per heavy atom. The molecule has 2 amide bonds. The number of hydrogen-bond acceptors (Lipinski definition) is 6. The molecule has 4 atom stereocenters. The van der Waals surface area contributed by atoms with Crippen molar-refractivity contribution in [1.82, 2.24) is 5.06 Å². The van der Waals surface area contributed by atoms with Gasteiger partial charge in [-0.2, -0.15) is 8.42 Å². The number of carbonyl (C=O) groups is 2. The quantitative estimate of drug-likeness (QED) is 0.584. The average molecular weight is 339 g/mol. The van der Waals surface area contributed by atoms with Crippen molar-refractivity contribution in [2.24, 2.45) is 11.8 Å². The van der Waals surface area contributed by atoms with Crippen LogP contribution in [0.5, 0.6) is 0 Å². The van der Waals surface area contributed by atoms with E-state index in [0.717, 1.165) is 12.1 Å². The van der Waals surface area contributed by atoms with Gasteiger partial charge in [-0.3, -0.25) is 9.59 Å². The van der Waals surface area contributed by atoms with Gasteiger partial charge >= 0.3 is 10.1 Å². The van der Waals surface area contributed by atoms with Crippen molar-refractivity contribution in [3.8, 4) is 0 Å². The zero-order valence-corrected chi connectivity index (χ0v) is 12.3. The number of rotatable bonds is 3. The van der Waals surface area contributed by atoms with Crippen LogP contribution in [0.15, 0.2) is 41.3 Å². The van der Waals surface area contributed by atoms with Gasteiger partial charge in [0.05, 0.1) is 24.0 Å². The molecule has 3 aliphatic heterocycles. The van der Waals surface area contributed by atoms with Crippen molar-refractivity contribution >= 4 is 21.9 Å². The largest absolute Gasteiger partial charge is 0.365 e. The lowest BCUT2D eigenvalue weighted by molar-refractivity contribution is -0.168.